The van der Waals surface area contributed by atoms with Crippen LogP contribution in [0.3, 0.4) is 0 Å². The Labute approximate surface area is 143 Å². The summed E-state index contributed by atoms with van der Waals surface area (Å²) in [6, 6.07) is 19.9. The molecule has 5 nitrogen and oxygen atoms in total. The lowest BCUT2D eigenvalue weighted by atomic mass is 10.1. The summed E-state index contributed by atoms with van der Waals surface area (Å²) >= 11 is 0. The molecule has 0 spiro atoms. The van der Waals surface area contributed by atoms with Crippen LogP contribution in [0.4, 0.5) is 5.69 Å². The van der Waals surface area contributed by atoms with E-state index in [4.69, 9.17) is 4.42 Å². The van der Waals surface area contributed by atoms with E-state index in [0.717, 1.165) is 16.5 Å². The van der Waals surface area contributed by atoms with Gasteiger partial charge in [0.25, 0.3) is 0 Å². The van der Waals surface area contributed by atoms with Gasteiger partial charge in [0, 0.05) is 11.1 Å². The van der Waals surface area contributed by atoms with E-state index in [9.17, 15) is 9.59 Å². The van der Waals surface area contributed by atoms with Crippen LogP contribution in [0.1, 0.15) is 13.0 Å². The van der Waals surface area contributed by atoms with Gasteiger partial charge in [0.2, 0.25) is 5.91 Å². The normalized spacial score (nSPS) is 12.4. The number of amides is 1. The highest BCUT2D eigenvalue weighted by molar-refractivity contribution is 6.03. The molecule has 1 heterocycles. The molecule has 4 rings (SSSR count). The zero-order valence-corrected chi connectivity index (χ0v) is 13.6. The molecule has 0 bridgehead atoms. The topological polar surface area (TPSA) is 64.2 Å². The molecular formula is C20H16N2O3. The maximum absolute atomic E-state index is 12.7. The second-order valence-electron chi connectivity index (χ2n) is 5.90. The summed E-state index contributed by atoms with van der Waals surface area (Å²) in [5.74, 6) is -0.813. The van der Waals surface area contributed by atoms with Crippen LogP contribution < -0.4 is 11.1 Å². The number of aromatic nitrogens is 1. The molecule has 0 aliphatic heterocycles. The number of oxazole rings is 1. The fraction of sp³-hybridized carbons (Fsp3) is 0.100. The quantitative estimate of drug-likeness (QED) is 0.618. The van der Waals surface area contributed by atoms with E-state index in [-0.39, 0.29) is 5.91 Å². The first-order chi connectivity index (χ1) is 12.1. The van der Waals surface area contributed by atoms with Gasteiger partial charge >= 0.3 is 5.76 Å². The van der Waals surface area contributed by atoms with Crippen molar-refractivity contribution in [2.75, 3.05) is 5.32 Å². The van der Waals surface area contributed by atoms with Crippen molar-refractivity contribution in [3.63, 3.8) is 0 Å². The van der Waals surface area contributed by atoms with E-state index < -0.39 is 11.8 Å². The molecule has 1 N–H and O–H groups in total. The van der Waals surface area contributed by atoms with Gasteiger partial charge in [-0.05, 0) is 30.5 Å². The zero-order valence-electron chi connectivity index (χ0n) is 13.6. The Bertz CT molecular complexity index is 1140. The van der Waals surface area contributed by atoms with Gasteiger partial charge in [-0.2, -0.15) is 0 Å². The summed E-state index contributed by atoms with van der Waals surface area (Å²) in [6.07, 6.45) is 0. The molecule has 0 saturated carbocycles. The van der Waals surface area contributed by atoms with Crippen molar-refractivity contribution in [1.82, 2.24) is 4.57 Å². The van der Waals surface area contributed by atoms with Crippen molar-refractivity contribution in [1.29, 1.82) is 0 Å². The van der Waals surface area contributed by atoms with Crippen molar-refractivity contribution in [2.24, 2.45) is 0 Å². The molecule has 1 amide bonds. The number of anilines is 1. The average molecular weight is 332 g/mol. The molecule has 0 aliphatic rings. The lowest BCUT2D eigenvalue weighted by Crippen LogP contribution is -2.29. The van der Waals surface area contributed by atoms with Crippen molar-refractivity contribution in [3.8, 4) is 0 Å². The van der Waals surface area contributed by atoms with E-state index in [2.05, 4.69) is 5.32 Å². The fourth-order valence-electron chi connectivity index (χ4n) is 3.04. The monoisotopic (exact) mass is 332 g/mol. The zero-order chi connectivity index (χ0) is 17.4. The second-order valence-corrected chi connectivity index (χ2v) is 5.90. The number of carbonyl (C=O) groups is 1. The minimum Gasteiger partial charge on any atom is -0.408 e. The summed E-state index contributed by atoms with van der Waals surface area (Å²) in [5.41, 5.74) is 1.79. The molecule has 1 unspecified atom stereocenters. The smallest absolute Gasteiger partial charge is 0.408 e. The molecule has 0 aliphatic carbocycles. The molecule has 0 fully saturated rings. The van der Waals surface area contributed by atoms with E-state index >= 15 is 0 Å². The molecule has 124 valence electrons. The van der Waals surface area contributed by atoms with Gasteiger partial charge in [-0.25, -0.2) is 4.79 Å². The summed E-state index contributed by atoms with van der Waals surface area (Å²) < 4.78 is 6.59. The Morgan fingerprint density at radius 1 is 1.00 bits per heavy atom. The molecule has 3 aromatic carbocycles. The van der Waals surface area contributed by atoms with Gasteiger partial charge in [-0.15, -0.1) is 0 Å². The van der Waals surface area contributed by atoms with Crippen LogP contribution >= 0.6 is 0 Å². The van der Waals surface area contributed by atoms with Gasteiger partial charge in [0.1, 0.15) is 6.04 Å². The summed E-state index contributed by atoms with van der Waals surface area (Å²) in [6.45, 7) is 1.68. The number of nitrogens with one attached hydrogen (secondary N) is 1. The van der Waals surface area contributed by atoms with E-state index in [0.29, 0.717) is 11.1 Å². The van der Waals surface area contributed by atoms with E-state index in [1.807, 2.05) is 48.5 Å². The molecule has 0 saturated heterocycles. The first-order valence-corrected chi connectivity index (χ1v) is 8.04. The first kappa shape index (κ1) is 15.2. The van der Waals surface area contributed by atoms with Gasteiger partial charge in [0.15, 0.2) is 5.58 Å². The minimum atomic E-state index is -0.699. The third kappa shape index (κ3) is 2.59. The lowest BCUT2D eigenvalue weighted by molar-refractivity contribution is -0.118. The second kappa shape index (κ2) is 5.94. The number of rotatable bonds is 3. The SMILES string of the molecule is CC(C(=O)Nc1cccc2ccccc12)n1c(=O)oc2ccccc21. The molecule has 1 atom stereocenters. The van der Waals surface area contributed by atoms with Crippen molar-refractivity contribution in [3.05, 3.63) is 77.3 Å². The first-order valence-electron chi connectivity index (χ1n) is 8.04. The standard InChI is InChI=1S/C20H16N2O3/c1-13(22-17-11-4-5-12-18(17)25-20(22)24)19(23)21-16-10-6-8-14-7-2-3-9-15(14)16/h2-13H,1H3,(H,21,23). The van der Waals surface area contributed by atoms with Crippen LogP contribution in [-0.2, 0) is 4.79 Å². The predicted octanol–water partition coefficient (Wildman–Crippen LogP) is 3.95. The van der Waals surface area contributed by atoms with Gasteiger partial charge < -0.3 is 9.73 Å². The van der Waals surface area contributed by atoms with Gasteiger partial charge in [-0.3, -0.25) is 9.36 Å². The highest BCUT2D eigenvalue weighted by Gasteiger charge is 2.21. The maximum atomic E-state index is 12.7. The molecular weight excluding hydrogens is 316 g/mol. The van der Waals surface area contributed by atoms with Gasteiger partial charge in [-0.1, -0.05) is 48.5 Å². The Kier molecular flexibility index (Phi) is 3.61. The van der Waals surface area contributed by atoms with Crippen LogP contribution in [0.2, 0.25) is 0 Å². The Hall–Kier alpha value is -3.34. The lowest BCUT2D eigenvalue weighted by Gasteiger charge is -2.14. The third-order valence-electron chi connectivity index (χ3n) is 4.33. The highest BCUT2D eigenvalue weighted by Crippen LogP contribution is 2.24. The molecule has 0 radical (unpaired) electrons. The molecule has 5 heteroatoms. The van der Waals surface area contributed by atoms with Crippen molar-refractivity contribution in [2.45, 2.75) is 13.0 Å². The van der Waals surface area contributed by atoms with Crippen molar-refractivity contribution < 1.29 is 9.21 Å². The van der Waals surface area contributed by atoms with E-state index in [1.165, 1.54) is 4.57 Å². The molecule has 4 aromatic rings. The average Bonchev–Trinajstić information content (AvgIpc) is 2.97. The number of hydrogen-bond donors (Lipinski definition) is 1. The number of benzene rings is 3. The van der Waals surface area contributed by atoms with Crippen LogP contribution in [0.5, 0.6) is 0 Å². The van der Waals surface area contributed by atoms with Gasteiger partial charge in [0.05, 0.1) is 5.52 Å². The molecule has 25 heavy (non-hydrogen) atoms. The fourth-order valence-corrected chi connectivity index (χ4v) is 3.04. The summed E-state index contributed by atoms with van der Waals surface area (Å²) in [7, 11) is 0. The van der Waals surface area contributed by atoms with Crippen molar-refractivity contribution >= 4 is 33.5 Å². The Morgan fingerprint density at radius 2 is 1.72 bits per heavy atom. The van der Waals surface area contributed by atoms with Crippen LogP contribution in [0.25, 0.3) is 21.9 Å². The minimum absolute atomic E-state index is 0.273. The van der Waals surface area contributed by atoms with Crippen LogP contribution in [0, 0.1) is 0 Å². The highest BCUT2D eigenvalue weighted by atomic mass is 16.4. The number of hydrogen-bond acceptors (Lipinski definition) is 3. The number of fused-ring (bicyclic) bond motifs is 2. The Morgan fingerprint density at radius 3 is 2.60 bits per heavy atom. The third-order valence-corrected chi connectivity index (χ3v) is 4.33. The Balaban J connectivity index is 1.71. The van der Waals surface area contributed by atoms with Crippen LogP contribution in [-0.4, -0.2) is 10.5 Å². The largest absolute Gasteiger partial charge is 0.420 e. The predicted molar refractivity (Wildman–Crippen MR) is 97.8 cm³/mol. The summed E-state index contributed by atoms with van der Waals surface area (Å²) in [4.78, 5) is 24.9. The summed E-state index contributed by atoms with van der Waals surface area (Å²) in [5, 5.41) is 4.92. The number of nitrogens with zero attached hydrogens (tertiary/aromatic N) is 1. The number of carbonyl (C=O) groups excluding carboxylic acids is 1. The van der Waals surface area contributed by atoms with E-state index in [1.54, 1.807) is 25.1 Å². The van der Waals surface area contributed by atoms with Crippen LogP contribution in [0.15, 0.2) is 75.9 Å². The number of para-hydroxylation sites is 2. The maximum Gasteiger partial charge on any atom is 0.420 e. The molecule has 1 aromatic heterocycles.